The number of hydrogen-bond donors (Lipinski definition) is 3. The predicted octanol–water partition coefficient (Wildman–Crippen LogP) is 3.92. The van der Waals surface area contributed by atoms with Gasteiger partial charge in [-0.05, 0) is 41.0 Å². The van der Waals surface area contributed by atoms with Gasteiger partial charge in [-0.1, -0.05) is 55.0 Å². The molecule has 3 N–H and O–H groups in total. The second-order valence-corrected chi connectivity index (χ2v) is 8.69. The van der Waals surface area contributed by atoms with Crippen LogP contribution in [0.1, 0.15) is 42.7 Å². The molecule has 2 aromatic carbocycles. The van der Waals surface area contributed by atoms with Gasteiger partial charge >= 0.3 is 12.1 Å². The Labute approximate surface area is 195 Å². The van der Waals surface area contributed by atoms with Gasteiger partial charge in [-0.25, -0.2) is 18.4 Å². The van der Waals surface area contributed by atoms with Crippen LogP contribution in [0.15, 0.2) is 48.5 Å². The molecule has 0 aliphatic heterocycles. The monoisotopic (exact) mass is 472 g/mol. The van der Waals surface area contributed by atoms with Crippen molar-refractivity contribution in [3.05, 3.63) is 59.7 Å². The predicted molar refractivity (Wildman–Crippen MR) is 120 cm³/mol. The van der Waals surface area contributed by atoms with Gasteiger partial charge in [0.1, 0.15) is 18.7 Å². The van der Waals surface area contributed by atoms with Crippen molar-refractivity contribution in [1.82, 2.24) is 10.6 Å². The van der Waals surface area contributed by atoms with E-state index in [9.17, 15) is 28.3 Å². The van der Waals surface area contributed by atoms with Gasteiger partial charge in [0.15, 0.2) is 0 Å². The highest BCUT2D eigenvalue weighted by Gasteiger charge is 2.35. The van der Waals surface area contributed by atoms with Gasteiger partial charge in [0.25, 0.3) is 6.43 Å². The van der Waals surface area contributed by atoms with E-state index in [1.165, 1.54) is 0 Å². The molecular weight excluding hydrogens is 446 g/mol. The summed E-state index contributed by atoms with van der Waals surface area (Å²) in [6.45, 7) is -0.0508. The van der Waals surface area contributed by atoms with Crippen molar-refractivity contribution in [1.29, 1.82) is 0 Å². The van der Waals surface area contributed by atoms with Crippen LogP contribution < -0.4 is 10.6 Å². The van der Waals surface area contributed by atoms with Gasteiger partial charge < -0.3 is 20.5 Å². The Morgan fingerprint density at radius 2 is 1.56 bits per heavy atom. The Kier molecular flexibility index (Phi) is 7.09. The van der Waals surface area contributed by atoms with Gasteiger partial charge in [-0.15, -0.1) is 0 Å². The van der Waals surface area contributed by atoms with E-state index in [0.717, 1.165) is 28.7 Å². The number of carboxylic acid groups (broad SMARTS) is 1. The van der Waals surface area contributed by atoms with E-state index < -0.39 is 42.9 Å². The largest absolute Gasteiger partial charge is 0.480 e. The molecule has 0 heterocycles. The SMILES string of the molecule is O=C(CC(NC(=O)OCC1c2ccccc2-c2ccccc21)C(F)F)NC(C(=O)O)C1CCC1. The molecule has 2 aromatic rings. The maximum atomic E-state index is 13.5. The third kappa shape index (κ3) is 5.03. The zero-order chi connectivity index (χ0) is 24.2. The first-order valence-corrected chi connectivity index (χ1v) is 11.3. The summed E-state index contributed by atoms with van der Waals surface area (Å²) in [4.78, 5) is 36.0. The summed E-state index contributed by atoms with van der Waals surface area (Å²) in [5, 5.41) is 13.7. The molecule has 9 heteroatoms. The number of nitrogens with one attached hydrogen (secondary N) is 2. The smallest absolute Gasteiger partial charge is 0.407 e. The summed E-state index contributed by atoms with van der Waals surface area (Å²) >= 11 is 0. The van der Waals surface area contributed by atoms with Crippen LogP contribution >= 0.6 is 0 Å². The number of rotatable bonds is 9. The number of halogens is 2. The Bertz CT molecular complexity index is 1030. The minimum atomic E-state index is -3.03. The van der Waals surface area contributed by atoms with Gasteiger partial charge in [0.05, 0.1) is 6.42 Å². The van der Waals surface area contributed by atoms with Crippen molar-refractivity contribution in [2.45, 2.75) is 50.1 Å². The molecule has 7 nitrogen and oxygen atoms in total. The number of carbonyl (C=O) groups excluding carboxylic acids is 2. The van der Waals surface area contributed by atoms with Crippen molar-refractivity contribution in [3.8, 4) is 11.1 Å². The lowest BCUT2D eigenvalue weighted by molar-refractivity contribution is -0.144. The summed E-state index contributed by atoms with van der Waals surface area (Å²) < 4.78 is 32.3. The van der Waals surface area contributed by atoms with E-state index in [4.69, 9.17) is 4.74 Å². The maximum absolute atomic E-state index is 13.5. The maximum Gasteiger partial charge on any atom is 0.407 e. The second kappa shape index (κ2) is 10.2. The lowest BCUT2D eigenvalue weighted by atomic mass is 9.79. The van der Waals surface area contributed by atoms with Crippen molar-refractivity contribution >= 4 is 18.0 Å². The first kappa shape index (κ1) is 23.7. The van der Waals surface area contributed by atoms with Crippen LogP contribution in [0.2, 0.25) is 0 Å². The van der Waals surface area contributed by atoms with Gasteiger partial charge in [-0.2, -0.15) is 0 Å². The number of alkyl halides is 2. The number of aliphatic carboxylic acids is 1. The number of hydrogen-bond acceptors (Lipinski definition) is 4. The second-order valence-electron chi connectivity index (χ2n) is 8.69. The average Bonchev–Trinajstić information content (AvgIpc) is 3.09. The van der Waals surface area contributed by atoms with Crippen LogP contribution in [0.25, 0.3) is 11.1 Å². The van der Waals surface area contributed by atoms with Crippen LogP contribution in [0.4, 0.5) is 13.6 Å². The first-order valence-electron chi connectivity index (χ1n) is 11.3. The Morgan fingerprint density at radius 1 is 0.971 bits per heavy atom. The number of benzene rings is 2. The molecule has 0 bridgehead atoms. The van der Waals surface area contributed by atoms with E-state index in [0.29, 0.717) is 12.8 Å². The molecule has 2 aliphatic carbocycles. The van der Waals surface area contributed by atoms with Crippen molar-refractivity contribution < 1.29 is 33.0 Å². The van der Waals surface area contributed by atoms with Crippen LogP contribution in [-0.4, -0.2) is 48.2 Å². The van der Waals surface area contributed by atoms with Crippen LogP contribution in [-0.2, 0) is 14.3 Å². The van der Waals surface area contributed by atoms with E-state index in [-0.39, 0.29) is 18.4 Å². The molecule has 0 spiro atoms. The lowest BCUT2D eigenvalue weighted by Gasteiger charge is -2.31. The third-order valence-electron chi connectivity index (χ3n) is 6.56. The highest BCUT2D eigenvalue weighted by Crippen LogP contribution is 2.44. The topological polar surface area (TPSA) is 105 Å². The van der Waals surface area contributed by atoms with Gasteiger partial charge in [0.2, 0.25) is 5.91 Å². The van der Waals surface area contributed by atoms with Crippen molar-refractivity contribution in [2.75, 3.05) is 6.61 Å². The molecule has 1 fully saturated rings. The standard InChI is InChI=1S/C25H26F2N2O5/c26-23(27)20(12-21(30)29-22(24(31)32)14-6-5-7-14)28-25(33)34-13-19-17-10-3-1-8-15(17)16-9-2-4-11-18(16)19/h1-4,8-11,14,19-20,22-23H,5-7,12-13H2,(H,28,33)(H,29,30)(H,31,32). The number of carbonyl (C=O) groups is 3. The molecule has 2 amide bonds. The lowest BCUT2D eigenvalue weighted by Crippen LogP contribution is -2.50. The van der Waals surface area contributed by atoms with Crippen molar-refractivity contribution in [2.24, 2.45) is 5.92 Å². The zero-order valence-corrected chi connectivity index (χ0v) is 18.4. The molecule has 180 valence electrons. The number of amides is 2. The summed E-state index contributed by atoms with van der Waals surface area (Å²) in [6, 6.07) is 12.5. The molecule has 2 atom stereocenters. The first-order chi connectivity index (χ1) is 16.3. The zero-order valence-electron chi connectivity index (χ0n) is 18.4. The normalized spacial score (nSPS) is 16.7. The number of ether oxygens (including phenoxy) is 1. The van der Waals surface area contributed by atoms with E-state index >= 15 is 0 Å². The quantitative estimate of drug-likeness (QED) is 0.513. The van der Waals surface area contributed by atoms with E-state index in [2.05, 4.69) is 10.6 Å². The molecule has 0 radical (unpaired) electrons. The van der Waals surface area contributed by atoms with E-state index in [1.54, 1.807) is 0 Å². The minimum absolute atomic E-state index is 0.0508. The highest BCUT2D eigenvalue weighted by atomic mass is 19.3. The summed E-state index contributed by atoms with van der Waals surface area (Å²) in [5.41, 5.74) is 4.04. The fourth-order valence-electron chi connectivity index (χ4n) is 4.58. The average molecular weight is 472 g/mol. The van der Waals surface area contributed by atoms with Gasteiger partial charge in [-0.3, -0.25) is 4.79 Å². The molecule has 2 unspecified atom stereocenters. The molecule has 2 aliphatic rings. The molecule has 34 heavy (non-hydrogen) atoms. The molecule has 4 rings (SSSR count). The summed E-state index contributed by atoms with van der Waals surface area (Å²) in [5.74, 6) is -2.49. The molecule has 1 saturated carbocycles. The molecular formula is C25H26F2N2O5. The summed E-state index contributed by atoms with van der Waals surface area (Å²) in [7, 11) is 0. The van der Waals surface area contributed by atoms with Crippen LogP contribution in [0.5, 0.6) is 0 Å². The fourth-order valence-corrected chi connectivity index (χ4v) is 4.58. The Hall–Kier alpha value is -3.49. The summed E-state index contributed by atoms with van der Waals surface area (Å²) in [6.07, 6.45) is -2.65. The minimum Gasteiger partial charge on any atom is -0.480 e. The molecule has 0 saturated heterocycles. The fraction of sp³-hybridized carbons (Fsp3) is 0.400. The van der Waals surface area contributed by atoms with Crippen molar-refractivity contribution in [3.63, 3.8) is 0 Å². The van der Waals surface area contributed by atoms with E-state index in [1.807, 2.05) is 48.5 Å². The number of carboxylic acids is 1. The van der Waals surface area contributed by atoms with Crippen LogP contribution in [0, 0.1) is 5.92 Å². The highest BCUT2D eigenvalue weighted by molar-refractivity contribution is 5.84. The molecule has 0 aromatic heterocycles. The number of alkyl carbamates (subject to hydrolysis) is 1. The van der Waals surface area contributed by atoms with Crippen LogP contribution in [0.3, 0.4) is 0 Å². The Balaban J connectivity index is 1.35. The van der Waals surface area contributed by atoms with Gasteiger partial charge in [0, 0.05) is 5.92 Å². The third-order valence-corrected chi connectivity index (χ3v) is 6.56. The Morgan fingerprint density at radius 3 is 2.06 bits per heavy atom. The number of fused-ring (bicyclic) bond motifs is 3.